The predicted octanol–water partition coefficient (Wildman–Crippen LogP) is 5.54. The highest BCUT2D eigenvalue weighted by molar-refractivity contribution is 7.15. The van der Waals surface area contributed by atoms with E-state index in [0.29, 0.717) is 11.5 Å². The molecule has 1 aromatic heterocycles. The second-order valence-electron chi connectivity index (χ2n) is 7.46. The van der Waals surface area contributed by atoms with E-state index in [1.807, 2.05) is 37.3 Å². The van der Waals surface area contributed by atoms with E-state index in [1.54, 1.807) is 43.5 Å². The Morgan fingerprint density at radius 2 is 1.74 bits per heavy atom. The van der Waals surface area contributed by atoms with Crippen molar-refractivity contribution in [2.45, 2.75) is 13.5 Å². The number of carboxylic acids is 1. The fourth-order valence-corrected chi connectivity index (χ4v) is 4.37. The highest BCUT2D eigenvalue weighted by atomic mass is 32.1. The van der Waals surface area contributed by atoms with Crippen molar-refractivity contribution >= 4 is 17.3 Å². The number of aryl methyl sites for hydroxylation is 1. The Hall–Kier alpha value is -4.04. The molecule has 0 amide bonds. The second-order valence-corrected chi connectivity index (χ2v) is 8.55. The molecule has 0 saturated heterocycles. The quantitative estimate of drug-likeness (QED) is 0.326. The van der Waals surface area contributed by atoms with Gasteiger partial charge in [-0.3, -0.25) is 0 Å². The molecule has 0 aliphatic rings. The van der Waals surface area contributed by atoms with Gasteiger partial charge in [-0.2, -0.15) is 0 Å². The SMILES string of the molecule is COc1ccc(-c2nc(COc3ccc(OCC(=O)O)c(C)c3)sc2-c2cccc(O)c2)cc1. The first-order valence-corrected chi connectivity index (χ1v) is 11.3. The molecule has 0 unspecified atom stereocenters. The lowest BCUT2D eigenvalue weighted by molar-refractivity contribution is -0.139. The molecule has 0 atom stereocenters. The van der Waals surface area contributed by atoms with Gasteiger partial charge in [-0.1, -0.05) is 12.1 Å². The van der Waals surface area contributed by atoms with Crippen LogP contribution >= 0.6 is 11.3 Å². The Bertz CT molecular complexity index is 1300. The summed E-state index contributed by atoms with van der Waals surface area (Å²) in [6.07, 6.45) is 0. The van der Waals surface area contributed by atoms with Gasteiger partial charge in [-0.15, -0.1) is 11.3 Å². The molecule has 7 nitrogen and oxygen atoms in total. The van der Waals surface area contributed by atoms with Crippen molar-refractivity contribution in [3.05, 3.63) is 77.3 Å². The molecule has 0 fully saturated rings. The predicted molar refractivity (Wildman–Crippen MR) is 130 cm³/mol. The van der Waals surface area contributed by atoms with Gasteiger partial charge >= 0.3 is 5.97 Å². The number of thiazole rings is 1. The van der Waals surface area contributed by atoms with Crippen molar-refractivity contribution < 1.29 is 29.2 Å². The number of nitrogens with zero attached hydrogens (tertiary/aromatic N) is 1. The van der Waals surface area contributed by atoms with Crippen LogP contribution in [0.2, 0.25) is 0 Å². The monoisotopic (exact) mass is 477 g/mol. The molecule has 4 rings (SSSR count). The maximum Gasteiger partial charge on any atom is 0.341 e. The third-order valence-electron chi connectivity index (χ3n) is 5.00. The maximum absolute atomic E-state index is 10.7. The minimum atomic E-state index is -1.03. The first kappa shape index (κ1) is 23.1. The molecule has 0 saturated carbocycles. The summed E-state index contributed by atoms with van der Waals surface area (Å²) >= 11 is 1.50. The van der Waals surface area contributed by atoms with Gasteiger partial charge in [-0.25, -0.2) is 9.78 Å². The molecule has 174 valence electrons. The Labute approximate surface area is 200 Å². The number of aliphatic carboxylic acids is 1. The number of carboxylic acid groups (broad SMARTS) is 1. The topological polar surface area (TPSA) is 98.1 Å². The molecule has 1 heterocycles. The number of methoxy groups -OCH3 is 1. The van der Waals surface area contributed by atoms with Crippen LogP contribution in [-0.2, 0) is 11.4 Å². The zero-order valence-corrected chi connectivity index (χ0v) is 19.5. The Morgan fingerprint density at radius 3 is 2.41 bits per heavy atom. The summed E-state index contributed by atoms with van der Waals surface area (Å²) in [4.78, 5) is 16.5. The van der Waals surface area contributed by atoms with Crippen molar-refractivity contribution in [3.63, 3.8) is 0 Å². The Balaban J connectivity index is 1.59. The first-order valence-electron chi connectivity index (χ1n) is 10.4. The van der Waals surface area contributed by atoms with Crippen LogP contribution in [0.15, 0.2) is 66.7 Å². The molecule has 0 bridgehead atoms. The van der Waals surface area contributed by atoms with E-state index >= 15 is 0 Å². The number of carbonyl (C=O) groups is 1. The molecule has 0 aliphatic carbocycles. The standard InChI is InChI=1S/C26H23NO6S/c1-16-12-21(10-11-22(16)33-15-24(29)30)32-14-23-27-25(17-6-8-20(31-2)9-7-17)26(34-23)18-4-3-5-19(28)13-18/h3-13,28H,14-15H2,1-2H3,(H,29,30). The number of aromatic hydroxyl groups is 1. The molecule has 2 N–H and O–H groups in total. The largest absolute Gasteiger partial charge is 0.508 e. The van der Waals surface area contributed by atoms with Gasteiger partial charge in [0.2, 0.25) is 0 Å². The van der Waals surface area contributed by atoms with Crippen LogP contribution in [0.1, 0.15) is 10.6 Å². The summed E-state index contributed by atoms with van der Waals surface area (Å²) < 4.78 is 16.5. The molecule has 34 heavy (non-hydrogen) atoms. The summed E-state index contributed by atoms with van der Waals surface area (Å²) in [7, 11) is 1.62. The maximum atomic E-state index is 10.7. The molecule has 3 aromatic carbocycles. The third-order valence-corrected chi connectivity index (χ3v) is 6.08. The summed E-state index contributed by atoms with van der Waals surface area (Å²) in [5.41, 5.74) is 3.37. The summed E-state index contributed by atoms with van der Waals surface area (Å²) in [6, 6.07) is 20.0. The first-order chi connectivity index (χ1) is 16.4. The van der Waals surface area contributed by atoms with Gasteiger partial charge in [0.25, 0.3) is 0 Å². The van der Waals surface area contributed by atoms with Gasteiger partial charge < -0.3 is 24.4 Å². The van der Waals surface area contributed by atoms with Crippen LogP contribution in [0, 0.1) is 6.92 Å². The molecule has 8 heteroatoms. The van der Waals surface area contributed by atoms with E-state index in [0.717, 1.165) is 38.0 Å². The van der Waals surface area contributed by atoms with E-state index in [2.05, 4.69) is 0 Å². The number of rotatable bonds is 9. The minimum absolute atomic E-state index is 0.185. The highest BCUT2D eigenvalue weighted by Gasteiger charge is 2.16. The van der Waals surface area contributed by atoms with Crippen molar-refractivity contribution in [1.82, 2.24) is 4.98 Å². The van der Waals surface area contributed by atoms with Crippen molar-refractivity contribution in [3.8, 4) is 44.7 Å². The molecule has 4 aromatic rings. The lowest BCUT2D eigenvalue weighted by atomic mass is 10.1. The molecular weight excluding hydrogens is 454 g/mol. The fourth-order valence-electron chi connectivity index (χ4n) is 3.37. The molecule has 0 aliphatic heterocycles. The number of aromatic nitrogens is 1. The normalized spacial score (nSPS) is 10.6. The average molecular weight is 478 g/mol. The highest BCUT2D eigenvalue weighted by Crippen LogP contribution is 2.39. The lowest BCUT2D eigenvalue weighted by Gasteiger charge is -2.09. The lowest BCUT2D eigenvalue weighted by Crippen LogP contribution is -2.10. The smallest absolute Gasteiger partial charge is 0.341 e. The Kier molecular flexibility index (Phi) is 6.98. The zero-order valence-electron chi connectivity index (χ0n) is 18.6. The van der Waals surface area contributed by atoms with E-state index in [-0.39, 0.29) is 12.4 Å². The molecule has 0 radical (unpaired) electrons. The van der Waals surface area contributed by atoms with Gasteiger partial charge in [0, 0.05) is 5.56 Å². The number of phenols is 1. The van der Waals surface area contributed by atoms with Crippen molar-refractivity contribution in [1.29, 1.82) is 0 Å². The fraction of sp³-hybridized carbons (Fsp3) is 0.154. The van der Waals surface area contributed by atoms with E-state index in [4.69, 9.17) is 24.3 Å². The van der Waals surface area contributed by atoms with E-state index in [9.17, 15) is 9.90 Å². The van der Waals surface area contributed by atoms with Crippen molar-refractivity contribution in [2.24, 2.45) is 0 Å². The van der Waals surface area contributed by atoms with Gasteiger partial charge in [0.15, 0.2) is 6.61 Å². The van der Waals surface area contributed by atoms with Crippen LogP contribution in [0.3, 0.4) is 0 Å². The summed E-state index contributed by atoms with van der Waals surface area (Å²) in [5, 5.41) is 19.5. The van der Waals surface area contributed by atoms with Crippen LogP contribution < -0.4 is 14.2 Å². The second kappa shape index (κ2) is 10.3. The van der Waals surface area contributed by atoms with Crippen molar-refractivity contribution in [2.75, 3.05) is 13.7 Å². The van der Waals surface area contributed by atoms with Crippen LogP contribution in [0.4, 0.5) is 0 Å². The number of benzene rings is 3. The molecule has 0 spiro atoms. The van der Waals surface area contributed by atoms with Crippen LogP contribution in [0.25, 0.3) is 21.7 Å². The number of hydrogen-bond acceptors (Lipinski definition) is 7. The third kappa shape index (κ3) is 5.47. The van der Waals surface area contributed by atoms with Crippen LogP contribution in [0.5, 0.6) is 23.0 Å². The van der Waals surface area contributed by atoms with Gasteiger partial charge in [-0.05, 0) is 72.6 Å². The van der Waals surface area contributed by atoms with E-state index in [1.165, 1.54) is 11.3 Å². The molecular formula is C26H23NO6S. The summed E-state index contributed by atoms with van der Waals surface area (Å²) in [6.45, 7) is 1.68. The van der Waals surface area contributed by atoms with Crippen LogP contribution in [-0.4, -0.2) is 34.9 Å². The minimum Gasteiger partial charge on any atom is -0.508 e. The number of ether oxygens (including phenoxy) is 3. The van der Waals surface area contributed by atoms with Gasteiger partial charge in [0.1, 0.15) is 34.6 Å². The number of hydrogen-bond donors (Lipinski definition) is 2. The summed E-state index contributed by atoms with van der Waals surface area (Å²) in [5.74, 6) is 1.04. The zero-order chi connectivity index (χ0) is 24.1. The number of phenolic OH excluding ortho intramolecular Hbond substituents is 1. The Morgan fingerprint density at radius 1 is 0.971 bits per heavy atom. The van der Waals surface area contributed by atoms with Gasteiger partial charge in [0.05, 0.1) is 17.7 Å². The average Bonchev–Trinajstić information content (AvgIpc) is 3.26. The van der Waals surface area contributed by atoms with E-state index < -0.39 is 12.6 Å².